The second-order valence-corrected chi connectivity index (χ2v) is 11.0. The van der Waals surface area contributed by atoms with Gasteiger partial charge >= 0.3 is 11.9 Å². The van der Waals surface area contributed by atoms with Crippen LogP contribution in [0.1, 0.15) is 41.9 Å². The summed E-state index contributed by atoms with van der Waals surface area (Å²) in [7, 11) is 0. The van der Waals surface area contributed by atoms with Crippen LogP contribution in [-0.4, -0.2) is 34.0 Å². The molecule has 0 heterocycles. The maximum atomic E-state index is 13.6. The molecule has 2 amide bonds. The van der Waals surface area contributed by atoms with Gasteiger partial charge in [0, 0.05) is 21.5 Å². The Morgan fingerprint density at radius 2 is 1.40 bits per heavy atom. The highest BCUT2D eigenvalue weighted by Crippen LogP contribution is 2.38. The molecule has 0 fully saturated rings. The fourth-order valence-corrected chi connectivity index (χ4v) is 5.79. The molecule has 0 aromatic heterocycles. The number of carboxylic acids is 2. The summed E-state index contributed by atoms with van der Waals surface area (Å²) in [6, 6.07) is 29.9. The Hall–Kier alpha value is -5.12. The van der Waals surface area contributed by atoms with Gasteiger partial charge in [0.2, 0.25) is 5.91 Å². The third-order valence-corrected chi connectivity index (χ3v) is 8.11. The van der Waals surface area contributed by atoms with E-state index in [9.17, 15) is 29.4 Å². The first kappa shape index (κ1) is 29.4. The highest BCUT2D eigenvalue weighted by Gasteiger charge is 2.24. The van der Waals surface area contributed by atoms with Crippen molar-refractivity contribution >= 4 is 69.3 Å². The zero-order chi connectivity index (χ0) is 30.5. The molecule has 5 aromatic carbocycles. The van der Waals surface area contributed by atoms with Crippen LogP contribution in [0.2, 0.25) is 5.02 Å². The second-order valence-electron chi connectivity index (χ2n) is 9.39. The first-order valence-electron chi connectivity index (χ1n) is 12.9. The second kappa shape index (κ2) is 12.8. The molecule has 5 aromatic rings. The van der Waals surface area contributed by atoms with Gasteiger partial charge in [-0.2, -0.15) is 0 Å². The van der Waals surface area contributed by atoms with Crippen molar-refractivity contribution in [2.24, 2.45) is 0 Å². The normalized spacial score (nSPS) is 11.5. The van der Waals surface area contributed by atoms with Gasteiger partial charge in [-0.1, -0.05) is 72.3 Å². The van der Waals surface area contributed by atoms with E-state index in [1.54, 1.807) is 78.9 Å². The van der Waals surface area contributed by atoms with Crippen molar-refractivity contribution in [3.63, 3.8) is 0 Å². The van der Waals surface area contributed by atoms with E-state index >= 15 is 0 Å². The number of anilines is 2. The Morgan fingerprint density at radius 1 is 0.698 bits per heavy atom. The van der Waals surface area contributed by atoms with Crippen LogP contribution in [0.3, 0.4) is 0 Å². The average molecular weight is 611 g/mol. The smallest absolute Gasteiger partial charge is 0.336 e. The van der Waals surface area contributed by atoms with Crippen LogP contribution in [0.4, 0.5) is 11.4 Å². The minimum absolute atomic E-state index is 0.0197. The van der Waals surface area contributed by atoms with Crippen molar-refractivity contribution in [3.05, 3.63) is 136 Å². The molecule has 0 aliphatic carbocycles. The number of carboxylic acid groups (broad SMARTS) is 2. The minimum atomic E-state index is -1.15. The first-order valence-corrected chi connectivity index (χ1v) is 14.2. The summed E-state index contributed by atoms with van der Waals surface area (Å²) in [4.78, 5) is 50.9. The molecule has 0 aliphatic rings. The molecule has 1 atom stereocenters. The Kier molecular flexibility index (Phi) is 8.75. The third kappa shape index (κ3) is 6.69. The van der Waals surface area contributed by atoms with Crippen molar-refractivity contribution in [1.82, 2.24) is 0 Å². The fourth-order valence-electron chi connectivity index (χ4n) is 4.54. The van der Waals surface area contributed by atoms with Gasteiger partial charge in [0.15, 0.2) is 0 Å². The van der Waals surface area contributed by atoms with E-state index in [-0.39, 0.29) is 27.4 Å². The monoisotopic (exact) mass is 610 g/mol. The van der Waals surface area contributed by atoms with Crippen molar-refractivity contribution in [1.29, 1.82) is 0 Å². The summed E-state index contributed by atoms with van der Waals surface area (Å²) in [6.07, 6.45) is 0. The number of hydrogen-bond acceptors (Lipinski definition) is 5. The zero-order valence-electron chi connectivity index (χ0n) is 22.3. The molecule has 0 saturated carbocycles. The molecule has 5 rings (SSSR count). The lowest BCUT2D eigenvalue weighted by molar-refractivity contribution is -0.115. The molecule has 0 radical (unpaired) electrons. The van der Waals surface area contributed by atoms with Crippen LogP contribution in [0.5, 0.6) is 0 Å². The Balaban J connectivity index is 1.41. The van der Waals surface area contributed by atoms with Crippen LogP contribution in [-0.2, 0) is 4.79 Å². The van der Waals surface area contributed by atoms with Gasteiger partial charge < -0.3 is 20.8 Å². The fraction of sp³-hybridized carbons (Fsp3) is 0.0303. The Morgan fingerprint density at radius 3 is 2.09 bits per heavy atom. The van der Waals surface area contributed by atoms with Gasteiger partial charge in [-0.15, -0.1) is 11.8 Å². The highest BCUT2D eigenvalue weighted by atomic mass is 35.5. The number of amides is 2. The van der Waals surface area contributed by atoms with E-state index < -0.39 is 29.0 Å². The number of fused-ring (bicyclic) bond motifs is 1. The van der Waals surface area contributed by atoms with Crippen molar-refractivity contribution in [2.45, 2.75) is 10.1 Å². The van der Waals surface area contributed by atoms with Crippen molar-refractivity contribution in [3.8, 4) is 0 Å². The van der Waals surface area contributed by atoms with Gasteiger partial charge in [-0.25, -0.2) is 9.59 Å². The maximum Gasteiger partial charge on any atom is 0.336 e. The summed E-state index contributed by atoms with van der Waals surface area (Å²) in [5.74, 6) is -3.19. The molecule has 0 aliphatic heterocycles. The van der Waals surface area contributed by atoms with Crippen LogP contribution in [0, 0.1) is 0 Å². The Labute approximate surface area is 255 Å². The first-order chi connectivity index (χ1) is 20.7. The van der Waals surface area contributed by atoms with Gasteiger partial charge in [-0.3, -0.25) is 9.59 Å². The number of aromatic carboxylic acids is 2. The third-order valence-electron chi connectivity index (χ3n) is 6.54. The largest absolute Gasteiger partial charge is 0.478 e. The van der Waals surface area contributed by atoms with E-state index in [2.05, 4.69) is 10.6 Å². The molecule has 4 N–H and O–H groups in total. The molecule has 0 spiro atoms. The standard InChI is InChI=1S/C33H23ClN2O6S/c34-26-16-15-21(32(39)40)17-27(26)36-31(38)29(20-7-2-1-3-8-20)43-23-12-6-11-22(18-23)35-30(37)24-13-4-9-19-10-5-14-25(28(19)24)33(41)42/h1-18,29H,(H,35,37)(H,36,38)(H,39,40)(H,41,42). The van der Waals surface area contributed by atoms with E-state index in [1.807, 2.05) is 6.07 Å². The number of thioether (sulfide) groups is 1. The summed E-state index contributed by atoms with van der Waals surface area (Å²) in [6.45, 7) is 0. The number of carbonyl (C=O) groups is 4. The summed E-state index contributed by atoms with van der Waals surface area (Å²) < 4.78 is 0. The molecule has 43 heavy (non-hydrogen) atoms. The van der Waals surface area contributed by atoms with E-state index in [0.29, 0.717) is 26.9 Å². The molecular formula is C33H23ClN2O6S. The minimum Gasteiger partial charge on any atom is -0.478 e. The van der Waals surface area contributed by atoms with E-state index in [0.717, 1.165) is 0 Å². The molecular weight excluding hydrogens is 588 g/mol. The number of hydrogen-bond donors (Lipinski definition) is 4. The summed E-state index contributed by atoms with van der Waals surface area (Å²) in [5, 5.41) is 25.0. The number of benzene rings is 5. The molecule has 1 unspecified atom stereocenters. The highest BCUT2D eigenvalue weighted by molar-refractivity contribution is 8.00. The topological polar surface area (TPSA) is 133 Å². The van der Waals surface area contributed by atoms with Crippen LogP contribution >= 0.6 is 23.4 Å². The van der Waals surface area contributed by atoms with E-state index in [1.165, 1.54) is 36.0 Å². The Bertz CT molecular complexity index is 1870. The predicted octanol–water partition coefficient (Wildman–Crippen LogP) is 7.61. The molecule has 0 bridgehead atoms. The maximum absolute atomic E-state index is 13.6. The van der Waals surface area contributed by atoms with Gasteiger partial charge in [-0.05, 0) is 59.5 Å². The van der Waals surface area contributed by atoms with Gasteiger partial charge in [0.1, 0.15) is 5.25 Å². The van der Waals surface area contributed by atoms with Gasteiger partial charge in [0.05, 0.1) is 21.8 Å². The zero-order valence-corrected chi connectivity index (χ0v) is 23.9. The lowest BCUT2D eigenvalue weighted by atomic mass is 9.98. The summed E-state index contributed by atoms with van der Waals surface area (Å²) in [5.41, 5.74) is 1.54. The molecule has 0 saturated heterocycles. The van der Waals surface area contributed by atoms with Crippen LogP contribution in [0.25, 0.3) is 10.8 Å². The van der Waals surface area contributed by atoms with Crippen LogP contribution < -0.4 is 10.6 Å². The lowest BCUT2D eigenvalue weighted by Gasteiger charge is -2.18. The average Bonchev–Trinajstić information content (AvgIpc) is 3.00. The lowest BCUT2D eigenvalue weighted by Crippen LogP contribution is -2.19. The van der Waals surface area contributed by atoms with Crippen LogP contribution in [0.15, 0.2) is 114 Å². The van der Waals surface area contributed by atoms with E-state index in [4.69, 9.17) is 11.6 Å². The predicted molar refractivity (Wildman–Crippen MR) is 167 cm³/mol. The quantitative estimate of drug-likeness (QED) is 0.126. The number of rotatable bonds is 9. The number of halogens is 1. The summed E-state index contributed by atoms with van der Waals surface area (Å²) >= 11 is 7.48. The van der Waals surface area contributed by atoms with Gasteiger partial charge in [0.25, 0.3) is 5.91 Å². The molecule has 8 nitrogen and oxygen atoms in total. The number of carbonyl (C=O) groups excluding carboxylic acids is 2. The van der Waals surface area contributed by atoms with Crippen molar-refractivity contribution in [2.75, 3.05) is 10.6 Å². The van der Waals surface area contributed by atoms with Crippen molar-refractivity contribution < 1.29 is 29.4 Å². The molecule has 10 heteroatoms. The SMILES string of the molecule is O=C(O)c1ccc(Cl)c(NC(=O)C(Sc2cccc(NC(=O)c3cccc4cccc(C(=O)O)c34)c2)c2ccccc2)c1. The number of nitrogens with one attached hydrogen (secondary N) is 2. The molecule has 214 valence electrons.